The van der Waals surface area contributed by atoms with Gasteiger partial charge in [0.05, 0.1) is 0 Å². The summed E-state index contributed by atoms with van der Waals surface area (Å²) in [4.78, 5) is 2.57. The first kappa shape index (κ1) is 10.2. The number of rotatable bonds is 3. The van der Waals surface area contributed by atoms with Crippen molar-refractivity contribution in [2.75, 3.05) is 12.3 Å². The number of hydrogen-bond acceptors (Lipinski definition) is 2. The molecule has 1 aromatic rings. The standard InChI is InChI=1S/C14H20N2/c1-2-14(6-7-14)10-16-8-11-4-3-5-13(15)12(11)9-16/h3-5H,2,6-10,15H2,1H3. The highest BCUT2D eigenvalue weighted by Crippen LogP contribution is 2.50. The number of fused-ring (bicyclic) bond motifs is 1. The van der Waals surface area contributed by atoms with Crippen LogP contribution >= 0.6 is 0 Å². The monoisotopic (exact) mass is 216 g/mol. The predicted molar refractivity (Wildman–Crippen MR) is 66.9 cm³/mol. The van der Waals surface area contributed by atoms with Crippen molar-refractivity contribution in [2.24, 2.45) is 5.41 Å². The smallest absolute Gasteiger partial charge is 0.0363 e. The molecule has 0 amide bonds. The van der Waals surface area contributed by atoms with E-state index in [4.69, 9.17) is 5.73 Å². The highest BCUT2D eigenvalue weighted by Gasteiger charge is 2.42. The lowest BCUT2D eigenvalue weighted by Gasteiger charge is -2.21. The minimum Gasteiger partial charge on any atom is -0.398 e. The molecule has 86 valence electrons. The summed E-state index contributed by atoms with van der Waals surface area (Å²) in [5.41, 5.74) is 10.4. The Morgan fingerprint density at radius 1 is 1.31 bits per heavy atom. The maximum absolute atomic E-state index is 6.02. The number of nitrogens with zero attached hydrogens (tertiary/aromatic N) is 1. The van der Waals surface area contributed by atoms with Crippen molar-refractivity contribution in [1.82, 2.24) is 4.90 Å². The lowest BCUT2D eigenvalue weighted by molar-refractivity contribution is 0.219. The fraction of sp³-hybridized carbons (Fsp3) is 0.571. The average molecular weight is 216 g/mol. The Balaban J connectivity index is 1.73. The molecule has 1 aliphatic heterocycles. The lowest BCUT2D eigenvalue weighted by Crippen LogP contribution is -2.25. The van der Waals surface area contributed by atoms with Gasteiger partial charge in [-0.3, -0.25) is 4.90 Å². The Morgan fingerprint density at radius 2 is 2.12 bits per heavy atom. The van der Waals surface area contributed by atoms with Crippen LogP contribution in [0.1, 0.15) is 37.3 Å². The highest BCUT2D eigenvalue weighted by molar-refractivity contribution is 5.52. The molecule has 1 heterocycles. The molecule has 1 aromatic carbocycles. The fourth-order valence-corrected chi connectivity index (χ4v) is 2.90. The minimum absolute atomic E-state index is 0.650. The molecule has 1 aliphatic carbocycles. The molecule has 0 unspecified atom stereocenters. The van der Waals surface area contributed by atoms with Crippen LogP contribution < -0.4 is 5.73 Å². The van der Waals surface area contributed by atoms with Gasteiger partial charge in [-0.25, -0.2) is 0 Å². The van der Waals surface area contributed by atoms with E-state index in [0.29, 0.717) is 5.41 Å². The molecule has 2 N–H and O–H groups in total. The van der Waals surface area contributed by atoms with Crippen molar-refractivity contribution in [2.45, 2.75) is 39.3 Å². The van der Waals surface area contributed by atoms with E-state index >= 15 is 0 Å². The van der Waals surface area contributed by atoms with E-state index in [9.17, 15) is 0 Å². The molecule has 3 rings (SSSR count). The van der Waals surface area contributed by atoms with Crippen LogP contribution in [0.4, 0.5) is 5.69 Å². The molecule has 2 heteroatoms. The topological polar surface area (TPSA) is 29.3 Å². The summed E-state index contributed by atoms with van der Waals surface area (Å²) in [6.45, 7) is 5.74. The van der Waals surface area contributed by atoms with Crippen molar-refractivity contribution in [3.05, 3.63) is 29.3 Å². The van der Waals surface area contributed by atoms with E-state index in [2.05, 4.69) is 24.0 Å². The fourth-order valence-electron chi connectivity index (χ4n) is 2.90. The van der Waals surface area contributed by atoms with Gasteiger partial charge < -0.3 is 5.73 Å². The van der Waals surface area contributed by atoms with Gasteiger partial charge in [-0.2, -0.15) is 0 Å². The van der Waals surface area contributed by atoms with Crippen molar-refractivity contribution < 1.29 is 0 Å². The van der Waals surface area contributed by atoms with Crippen molar-refractivity contribution in [3.8, 4) is 0 Å². The first-order chi connectivity index (χ1) is 7.72. The third-order valence-electron chi connectivity index (χ3n) is 4.35. The molecule has 0 aromatic heterocycles. The summed E-state index contributed by atoms with van der Waals surface area (Å²) >= 11 is 0. The molecule has 0 atom stereocenters. The zero-order chi connectivity index (χ0) is 11.2. The van der Waals surface area contributed by atoms with Gasteiger partial charge in [-0.1, -0.05) is 19.1 Å². The summed E-state index contributed by atoms with van der Waals surface area (Å²) in [5, 5.41) is 0. The number of anilines is 1. The molecule has 1 fully saturated rings. The molecule has 0 saturated heterocycles. The molecule has 0 bridgehead atoms. The van der Waals surface area contributed by atoms with Crippen LogP contribution in [0.3, 0.4) is 0 Å². The molecule has 1 saturated carbocycles. The van der Waals surface area contributed by atoms with Gasteiger partial charge in [-0.05, 0) is 41.9 Å². The Hall–Kier alpha value is -1.02. The summed E-state index contributed by atoms with van der Waals surface area (Å²) in [7, 11) is 0. The molecule has 2 nitrogen and oxygen atoms in total. The summed E-state index contributed by atoms with van der Waals surface area (Å²) in [6, 6.07) is 6.32. The lowest BCUT2D eigenvalue weighted by atomic mass is 10.0. The maximum atomic E-state index is 6.02. The highest BCUT2D eigenvalue weighted by atomic mass is 15.2. The van der Waals surface area contributed by atoms with Crippen LogP contribution in [0.2, 0.25) is 0 Å². The summed E-state index contributed by atoms with van der Waals surface area (Å²) in [6.07, 6.45) is 4.17. The van der Waals surface area contributed by atoms with Crippen LogP contribution in [0.5, 0.6) is 0 Å². The van der Waals surface area contributed by atoms with Crippen molar-refractivity contribution >= 4 is 5.69 Å². The second kappa shape index (κ2) is 3.49. The van der Waals surface area contributed by atoms with Crippen molar-refractivity contribution in [1.29, 1.82) is 0 Å². The van der Waals surface area contributed by atoms with Crippen LogP contribution in [-0.4, -0.2) is 11.4 Å². The van der Waals surface area contributed by atoms with Crippen LogP contribution in [0, 0.1) is 5.41 Å². The van der Waals surface area contributed by atoms with Gasteiger partial charge >= 0.3 is 0 Å². The zero-order valence-electron chi connectivity index (χ0n) is 10.00. The van der Waals surface area contributed by atoms with E-state index < -0.39 is 0 Å². The van der Waals surface area contributed by atoms with Gasteiger partial charge in [0.1, 0.15) is 0 Å². The second-order valence-corrected chi connectivity index (χ2v) is 5.48. The number of nitrogen functional groups attached to an aromatic ring is 1. The second-order valence-electron chi connectivity index (χ2n) is 5.48. The van der Waals surface area contributed by atoms with Crippen LogP contribution in [-0.2, 0) is 13.1 Å². The first-order valence-corrected chi connectivity index (χ1v) is 6.31. The molecular formula is C14H20N2. The Kier molecular flexibility index (Phi) is 2.21. The Morgan fingerprint density at radius 3 is 2.75 bits per heavy atom. The largest absolute Gasteiger partial charge is 0.398 e. The minimum atomic E-state index is 0.650. The van der Waals surface area contributed by atoms with E-state index in [1.165, 1.54) is 36.9 Å². The summed E-state index contributed by atoms with van der Waals surface area (Å²) < 4.78 is 0. The van der Waals surface area contributed by atoms with Gasteiger partial charge in [0, 0.05) is 25.3 Å². The van der Waals surface area contributed by atoms with Crippen molar-refractivity contribution in [3.63, 3.8) is 0 Å². The van der Waals surface area contributed by atoms with E-state index in [1.807, 2.05) is 6.07 Å². The quantitative estimate of drug-likeness (QED) is 0.787. The van der Waals surface area contributed by atoms with Crippen LogP contribution in [0.25, 0.3) is 0 Å². The third-order valence-corrected chi connectivity index (χ3v) is 4.35. The normalized spacial score (nSPS) is 22.1. The summed E-state index contributed by atoms with van der Waals surface area (Å²) in [5.74, 6) is 0. The number of benzene rings is 1. The van der Waals surface area contributed by atoms with E-state index in [0.717, 1.165) is 18.8 Å². The Labute approximate surface area is 97.4 Å². The molecule has 2 aliphatic rings. The third kappa shape index (κ3) is 1.61. The van der Waals surface area contributed by atoms with Gasteiger partial charge in [0.15, 0.2) is 0 Å². The van der Waals surface area contributed by atoms with E-state index in [1.54, 1.807) is 0 Å². The van der Waals surface area contributed by atoms with Crippen LogP contribution in [0.15, 0.2) is 18.2 Å². The zero-order valence-corrected chi connectivity index (χ0v) is 10.00. The Bertz CT molecular complexity index is 407. The molecule has 0 spiro atoms. The van der Waals surface area contributed by atoms with E-state index in [-0.39, 0.29) is 0 Å². The predicted octanol–water partition coefficient (Wildman–Crippen LogP) is 2.77. The number of nitrogens with two attached hydrogens (primary N) is 1. The molecule has 0 radical (unpaired) electrons. The van der Waals surface area contributed by atoms with Gasteiger partial charge in [0.25, 0.3) is 0 Å². The first-order valence-electron chi connectivity index (χ1n) is 6.31. The molecule has 16 heavy (non-hydrogen) atoms. The molecular weight excluding hydrogens is 196 g/mol. The van der Waals surface area contributed by atoms with Gasteiger partial charge in [0.2, 0.25) is 0 Å². The maximum Gasteiger partial charge on any atom is 0.0363 e. The van der Waals surface area contributed by atoms with Gasteiger partial charge in [-0.15, -0.1) is 0 Å². The SMILES string of the molecule is CCC1(CN2Cc3cccc(N)c3C2)CC1. The average Bonchev–Trinajstić information content (AvgIpc) is 2.91. The number of hydrogen-bond donors (Lipinski definition) is 1.